The third-order valence-electron chi connectivity index (χ3n) is 10.1. The lowest BCUT2D eigenvalue weighted by atomic mass is 10.0. The molecule has 2 aliphatic rings. The summed E-state index contributed by atoms with van der Waals surface area (Å²) in [6.45, 7) is 16.7. The summed E-state index contributed by atoms with van der Waals surface area (Å²) < 4.78 is 9.57. The zero-order chi connectivity index (χ0) is 39.5. The van der Waals surface area contributed by atoms with Gasteiger partial charge in [-0.15, -0.1) is 0 Å². The van der Waals surface area contributed by atoms with Gasteiger partial charge in [0.15, 0.2) is 0 Å². The van der Waals surface area contributed by atoms with E-state index in [-0.39, 0.29) is 35.7 Å². The smallest absolute Gasteiger partial charge is 0.407 e. The van der Waals surface area contributed by atoms with Gasteiger partial charge >= 0.3 is 12.2 Å². The molecule has 290 valence electrons. The third kappa shape index (κ3) is 9.24. The molecule has 3 aromatic rings. The summed E-state index contributed by atoms with van der Waals surface area (Å²) in [5.74, 6) is 7.30. The highest BCUT2D eigenvalue weighted by Gasteiger charge is 2.47. The molecule has 4 amide bonds. The first-order chi connectivity index (χ1) is 25.4. The molecule has 16 heteroatoms. The van der Waals surface area contributed by atoms with Crippen molar-refractivity contribution in [1.82, 2.24) is 40.4 Å². The van der Waals surface area contributed by atoms with Crippen LogP contribution in [0.1, 0.15) is 62.7 Å². The van der Waals surface area contributed by atoms with E-state index < -0.39 is 40.4 Å². The van der Waals surface area contributed by atoms with E-state index in [0.29, 0.717) is 23.9 Å². The molecule has 2 fully saturated rings. The summed E-state index contributed by atoms with van der Waals surface area (Å²) in [7, 11) is -0.915. The van der Waals surface area contributed by atoms with Crippen LogP contribution in [-0.2, 0) is 19.1 Å². The van der Waals surface area contributed by atoms with Crippen LogP contribution in [0.5, 0.6) is 0 Å². The zero-order valence-electron chi connectivity index (χ0n) is 33.0. The Morgan fingerprint density at radius 3 is 1.67 bits per heavy atom. The number of hydrogen-bond donors (Lipinski definition) is 4. The maximum Gasteiger partial charge on any atom is 0.407 e. The number of amides is 4. The molecule has 4 atom stereocenters. The van der Waals surface area contributed by atoms with Gasteiger partial charge in [0.2, 0.25) is 11.8 Å². The largest absolute Gasteiger partial charge is 0.453 e. The zero-order valence-corrected chi connectivity index (χ0v) is 35.0. The van der Waals surface area contributed by atoms with E-state index in [4.69, 9.17) is 14.5 Å². The molecule has 0 saturated carbocycles. The normalized spacial score (nSPS) is 19.9. The van der Waals surface area contributed by atoms with Crippen LogP contribution in [0.2, 0.25) is 38.3 Å². The predicted molar refractivity (Wildman–Crippen MR) is 210 cm³/mol. The van der Waals surface area contributed by atoms with Crippen molar-refractivity contribution in [2.75, 3.05) is 26.6 Å². The Bertz CT molecular complexity index is 1910. The van der Waals surface area contributed by atoms with Crippen molar-refractivity contribution >= 4 is 40.1 Å². The minimum absolute atomic E-state index is 0.116. The topological polar surface area (TPSA) is 175 Å². The second kappa shape index (κ2) is 16.2. The Hall–Kier alpha value is -4.89. The van der Waals surface area contributed by atoms with Gasteiger partial charge in [-0.1, -0.05) is 71.9 Å². The molecule has 0 unspecified atom stereocenters. The lowest BCUT2D eigenvalue weighted by molar-refractivity contribution is -0.135. The van der Waals surface area contributed by atoms with Gasteiger partial charge in [-0.3, -0.25) is 9.59 Å². The highest BCUT2D eigenvalue weighted by Crippen LogP contribution is 2.39. The lowest BCUT2D eigenvalue weighted by Crippen LogP contribution is -2.52. The van der Waals surface area contributed by atoms with Crippen molar-refractivity contribution in [3.8, 4) is 23.1 Å². The van der Waals surface area contributed by atoms with Crippen LogP contribution in [0.15, 0.2) is 36.7 Å². The second-order valence-corrected chi connectivity index (χ2v) is 26.7. The molecule has 0 bridgehead atoms. The van der Waals surface area contributed by atoms with Crippen molar-refractivity contribution in [2.24, 2.45) is 11.8 Å². The molecule has 0 spiro atoms. The van der Waals surface area contributed by atoms with Gasteiger partial charge in [-0.25, -0.2) is 19.6 Å². The number of nitrogens with zero attached hydrogens (tertiary/aromatic N) is 4. The van der Waals surface area contributed by atoms with E-state index in [1.807, 2.05) is 61.8 Å². The van der Waals surface area contributed by atoms with Gasteiger partial charge in [0.05, 0.1) is 60.5 Å². The summed E-state index contributed by atoms with van der Waals surface area (Å²) in [5.41, 5.74) is 3.22. The average Bonchev–Trinajstić information content (AvgIpc) is 3.92. The van der Waals surface area contributed by atoms with E-state index in [2.05, 4.69) is 63.6 Å². The van der Waals surface area contributed by atoms with Gasteiger partial charge in [0.1, 0.15) is 29.4 Å². The summed E-state index contributed by atoms with van der Waals surface area (Å²) in [5, 5.41) is 5.44. The molecule has 4 heterocycles. The number of hydrogen-bond acceptors (Lipinski definition) is 8. The van der Waals surface area contributed by atoms with E-state index in [1.54, 1.807) is 12.4 Å². The number of imidazole rings is 2. The molecular weight excluding hydrogens is 721 g/mol. The number of aromatic amines is 2. The maximum absolute atomic E-state index is 13.8. The number of ether oxygens (including phenoxy) is 2. The van der Waals surface area contributed by atoms with Crippen molar-refractivity contribution < 1.29 is 28.7 Å². The number of alkyl carbamates (subject to hydrolysis) is 2. The van der Waals surface area contributed by atoms with Crippen molar-refractivity contribution in [3.63, 3.8) is 0 Å². The molecular formula is C38H54N8O6Si2. The standard InChI is InChI=1S/C38H54N8O6Si2/c1-23(2)31(43-37(49)51-5)35(47)45-21-53(7,8)19-29(45)33-39-17-27(41-33)16-13-25-11-14-26(15-12-25)28-18-40-34(42-28)30-20-54(9,10)22-46(30)36(48)32(24(3)4)44-38(50)52-6/h11-12,14-15,17-18,23-24,29-32H,19-22H2,1-10H3,(H,39,41)(H,40,42)(H,43,49)(H,44,50)/t29-,30-,31-,32-/m0/s1. The first-order valence-electron chi connectivity index (χ1n) is 18.4. The molecule has 2 aromatic heterocycles. The molecule has 54 heavy (non-hydrogen) atoms. The number of carbonyl (C=O) groups is 4. The first kappa shape index (κ1) is 40.3. The molecule has 0 aliphatic carbocycles. The van der Waals surface area contributed by atoms with E-state index in [0.717, 1.165) is 34.7 Å². The average molecular weight is 775 g/mol. The fourth-order valence-corrected chi connectivity index (χ4v) is 13.1. The summed E-state index contributed by atoms with van der Waals surface area (Å²) in [6.07, 6.45) is 3.57. The van der Waals surface area contributed by atoms with Gasteiger partial charge in [-0.2, -0.15) is 0 Å². The monoisotopic (exact) mass is 774 g/mol. The van der Waals surface area contributed by atoms with Gasteiger partial charge < -0.3 is 39.9 Å². The van der Waals surface area contributed by atoms with Crippen molar-refractivity contribution in [2.45, 2.75) is 90.1 Å². The highest BCUT2D eigenvalue weighted by atomic mass is 28.3. The summed E-state index contributed by atoms with van der Waals surface area (Å²) in [4.78, 5) is 71.5. The molecule has 4 N–H and O–H groups in total. The number of nitrogens with one attached hydrogen (secondary N) is 4. The van der Waals surface area contributed by atoms with E-state index >= 15 is 0 Å². The number of aromatic nitrogens is 4. The second-order valence-electron chi connectivity index (χ2n) is 16.6. The number of benzene rings is 1. The molecule has 1 aromatic carbocycles. The molecule has 2 aliphatic heterocycles. The van der Waals surface area contributed by atoms with Crippen LogP contribution in [0, 0.1) is 23.7 Å². The minimum atomic E-state index is -1.75. The Kier molecular flexibility index (Phi) is 12.1. The van der Waals surface area contributed by atoms with Crippen LogP contribution in [-0.4, -0.2) is 109 Å². The fourth-order valence-electron chi connectivity index (χ4n) is 7.34. The highest BCUT2D eigenvalue weighted by molar-refractivity contribution is 6.79. The van der Waals surface area contributed by atoms with E-state index in [1.165, 1.54) is 14.2 Å². The quantitative estimate of drug-likeness (QED) is 0.169. The lowest BCUT2D eigenvalue weighted by Gasteiger charge is -2.30. The Morgan fingerprint density at radius 1 is 0.741 bits per heavy atom. The third-order valence-corrected chi connectivity index (χ3v) is 15.5. The number of carbonyl (C=O) groups excluding carboxylic acids is 4. The van der Waals surface area contributed by atoms with Crippen molar-refractivity contribution in [3.05, 3.63) is 59.6 Å². The van der Waals surface area contributed by atoms with Gasteiger partial charge in [0.25, 0.3) is 0 Å². The SMILES string of the molecule is COC(=O)N[C@H](C(=O)N1C[Si](C)(C)C[C@H]1c1ncc(C#Cc2ccc(-c3cnc([C@@H]4C[Si](C)(C)CN4C(=O)[C@@H](NC(=O)OC)C(C)C)[nH]3)cc2)[nH]1)C(C)C. The van der Waals surface area contributed by atoms with Crippen molar-refractivity contribution in [1.29, 1.82) is 0 Å². The van der Waals surface area contributed by atoms with Gasteiger partial charge in [-0.05, 0) is 47.5 Å². The number of rotatable bonds is 9. The van der Waals surface area contributed by atoms with Crippen LogP contribution >= 0.6 is 0 Å². The number of H-pyrrole nitrogens is 2. The van der Waals surface area contributed by atoms with Crippen LogP contribution in [0.25, 0.3) is 11.3 Å². The predicted octanol–water partition coefficient (Wildman–Crippen LogP) is 5.22. The van der Waals surface area contributed by atoms with Gasteiger partial charge in [0, 0.05) is 17.9 Å². The Morgan fingerprint density at radius 2 is 1.20 bits per heavy atom. The Labute approximate surface area is 319 Å². The van der Waals surface area contributed by atoms with Crippen LogP contribution < -0.4 is 10.6 Å². The molecule has 5 rings (SSSR count). The maximum atomic E-state index is 13.8. The molecule has 14 nitrogen and oxygen atoms in total. The Balaban J connectivity index is 1.29. The van der Waals surface area contributed by atoms with Crippen LogP contribution in [0.4, 0.5) is 9.59 Å². The summed E-state index contributed by atoms with van der Waals surface area (Å²) in [6, 6.07) is 7.70. The minimum Gasteiger partial charge on any atom is -0.453 e. The molecule has 0 radical (unpaired) electrons. The number of methoxy groups -OCH3 is 2. The summed E-state index contributed by atoms with van der Waals surface area (Å²) >= 11 is 0. The van der Waals surface area contributed by atoms with Crippen LogP contribution in [0.3, 0.4) is 0 Å². The van der Waals surface area contributed by atoms with E-state index in [9.17, 15) is 19.2 Å². The fraction of sp³-hybridized carbons (Fsp3) is 0.526. The first-order valence-corrected chi connectivity index (χ1v) is 25.3. The molecule has 2 saturated heterocycles.